The number of hydrogen-bond donors (Lipinski definition) is 0. The van der Waals surface area contributed by atoms with Crippen molar-refractivity contribution in [1.82, 2.24) is 0 Å². The molecule has 8 heteroatoms. The van der Waals surface area contributed by atoms with Gasteiger partial charge in [0.1, 0.15) is 54.8 Å². The second-order valence-corrected chi connectivity index (χ2v) is 18.8. The fourth-order valence-corrected chi connectivity index (χ4v) is 10.5. The van der Waals surface area contributed by atoms with E-state index in [-0.39, 0.29) is 0 Å². The average molecular weight is 829 g/mol. The van der Waals surface area contributed by atoms with E-state index in [0.717, 1.165) is 69.0 Å². The number of benzene rings is 6. The van der Waals surface area contributed by atoms with Crippen LogP contribution in [0.3, 0.4) is 0 Å². The molecule has 0 radical (unpaired) electrons. The highest BCUT2D eigenvalue weighted by atomic mass is 32.2. The molecule has 6 aromatic carbocycles. The van der Waals surface area contributed by atoms with E-state index < -0.39 is 5.41 Å². The molecular formula is C49H48O4S4. The van der Waals surface area contributed by atoms with Crippen LogP contribution in [0.25, 0.3) is 0 Å². The molecule has 6 aromatic rings. The molecule has 14 rings (SSSR count). The molecule has 0 unspecified atom stereocenters. The Balaban J connectivity index is 1.05. The summed E-state index contributed by atoms with van der Waals surface area (Å²) in [5.41, 5.74) is 9.94. The molecule has 0 saturated heterocycles. The van der Waals surface area contributed by atoms with Gasteiger partial charge in [-0.25, -0.2) is 0 Å². The number of hydrogen-bond acceptors (Lipinski definition) is 8. The number of thioether (sulfide) groups is 4. The summed E-state index contributed by atoms with van der Waals surface area (Å²) in [5.74, 6) is 11.0. The van der Waals surface area contributed by atoms with Gasteiger partial charge in [-0.05, 0) is 93.0 Å². The first-order valence-electron chi connectivity index (χ1n) is 19.5. The van der Waals surface area contributed by atoms with Gasteiger partial charge in [0.05, 0.1) is 0 Å². The zero-order chi connectivity index (χ0) is 38.5. The van der Waals surface area contributed by atoms with Crippen LogP contribution in [0.15, 0.2) is 146 Å². The maximum atomic E-state index is 6.63. The summed E-state index contributed by atoms with van der Waals surface area (Å²) in [4.78, 5) is 0. The van der Waals surface area contributed by atoms with Crippen molar-refractivity contribution >= 4 is 47.0 Å². The third-order valence-corrected chi connectivity index (χ3v) is 14.3. The van der Waals surface area contributed by atoms with E-state index in [0.29, 0.717) is 26.4 Å². The first-order valence-corrected chi connectivity index (χ1v) is 24.1. The van der Waals surface area contributed by atoms with Crippen molar-refractivity contribution in [3.05, 3.63) is 190 Å². The van der Waals surface area contributed by atoms with Crippen LogP contribution in [-0.2, 0) is 46.0 Å². The zero-order valence-electron chi connectivity index (χ0n) is 32.1. The van der Waals surface area contributed by atoms with Crippen LogP contribution in [-0.4, -0.2) is 26.4 Å². The summed E-state index contributed by atoms with van der Waals surface area (Å²) in [6, 6.07) is 52.0. The minimum atomic E-state index is -0.653. The van der Waals surface area contributed by atoms with Gasteiger partial charge >= 0.3 is 0 Å². The predicted octanol–water partition coefficient (Wildman–Crippen LogP) is 12.6. The fraction of sp³-hybridized carbons (Fsp3) is 0.265. The molecule has 0 aliphatic carbocycles. The van der Waals surface area contributed by atoms with E-state index in [4.69, 9.17) is 18.9 Å². The summed E-state index contributed by atoms with van der Waals surface area (Å²) in [5, 5.41) is 0. The van der Waals surface area contributed by atoms with Crippen LogP contribution >= 0.6 is 47.0 Å². The van der Waals surface area contributed by atoms with Gasteiger partial charge in [0, 0.05) is 46.0 Å². The third-order valence-electron chi connectivity index (χ3n) is 10.0. The maximum absolute atomic E-state index is 6.63. The third kappa shape index (κ3) is 12.0. The Morgan fingerprint density at radius 1 is 0.281 bits per heavy atom. The number of ether oxygens (including phenoxy) is 4. The van der Waals surface area contributed by atoms with Gasteiger partial charge in [-0.2, -0.15) is 47.0 Å². The SMILES string of the molecule is c1cc2cc(c1)CSCc1ccc(cc1)OCC1(COc3ccc(cc3)CSC2)COc2ccc(cc2)CSCc2cccc(c2)CSCc2ccc(cc2)OC1. The average Bonchev–Trinajstić information content (AvgIpc) is 3.25. The molecule has 0 fully saturated rings. The molecule has 0 amide bonds. The lowest BCUT2D eigenvalue weighted by atomic mass is 9.92. The molecule has 8 aliphatic rings. The molecule has 0 saturated carbocycles. The molecule has 0 aromatic heterocycles. The molecule has 12 bridgehead atoms. The highest BCUT2D eigenvalue weighted by molar-refractivity contribution is 7.98. The van der Waals surface area contributed by atoms with E-state index in [2.05, 4.69) is 146 Å². The van der Waals surface area contributed by atoms with Gasteiger partial charge in [-0.3, -0.25) is 0 Å². The van der Waals surface area contributed by atoms with Crippen molar-refractivity contribution in [1.29, 1.82) is 0 Å². The Kier molecular flexibility index (Phi) is 14.0. The standard InChI is InChI=1S/C49H48O4S4/c1-3-41-23-42(4-1)30-55-26-38-9-17-46(18-10-38)51-34-49(33-50-45-15-7-37(8-16-45)25-54-29-41)35-52-47-19-11-39(12-20-47)27-56-31-43-5-2-6-44(24-43)32-57-28-40-13-21-48(22-14-40)53-36-49/h1-24H,25-36H2. The molecular weight excluding hydrogens is 781 g/mol. The highest BCUT2D eigenvalue weighted by Crippen LogP contribution is 2.30. The van der Waals surface area contributed by atoms with Crippen molar-refractivity contribution in [2.45, 2.75) is 46.0 Å². The molecule has 0 atom stereocenters. The minimum Gasteiger partial charge on any atom is -0.493 e. The van der Waals surface area contributed by atoms with Gasteiger partial charge in [-0.1, -0.05) is 97.1 Å². The smallest absolute Gasteiger partial charge is 0.119 e. The fourth-order valence-electron chi connectivity index (χ4n) is 6.69. The Morgan fingerprint density at radius 3 is 0.754 bits per heavy atom. The highest BCUT2D eigenvalue weighted by Gasteiger charge is 2.36. The van der Waals surface area contributed by atoms with Crippen molar-refractivity contribution in [2.75, 3.05) is 26.4 Å². The lowest BCUT2D eigenvalue weighted by Crippen LogP contribution is -2.45. The topological polar surface area (TPSA) is 36.9 Å². The Hall–Kier alpha value is -4.08. The molecule has 57 heavy (non-hydrogen) atoms. The second kappa shape index (κ2) is 20.1. The van der Waals surface area contributed by atoms with Gasteiger partial charge in [0.25, 0.3) is 0 Å². The summed E-state index contributed by atoms with van der Waals surface area (Å²) in [6.45, 7) is 1.37. The summed E-state index contributed by atoms with van der Waals surface area (Å²) < 4.78 is 26.5. The van der Waals surface area contributed by atoms with Crippen molar-refractivity contribution in [2.24, 2.45) is 5.41 Å². The second-order valence-electron chi connectivity index (χ2n) is 14.8. The molecule has 0 N–H and O–H groups in total. The van der Waals surface area contributed by atoms with Crippen LogP contribution in [0.2, 0.25) is 0 Å². The van der Waals surface area contributed by atoms with Crippen LogP contribution in [0.5, 0.6) is 23.0 Å². The molecule has 8 aliphatic heterocycles. The van der Waals surface area contributed by atoms with Crippen LogP contribution < -0.4 is 18.9 Å². The van der Waals surface area contributed by atoms with E-state index >= 15 is 0 Å². The van der Waals surface area contributed by atoms with E-state index in [1.54, 1.807) is 0 Å². The van der Waals surface area contributed by atoms with Gasteiger partial charge < -0.3 is 18.9 Å². The Bertz CT molecular complexity index is 1850. The Morgan fingerprint density at radius 2 is 0.509 bits per heavy atom. The first-order chi connectivity index (χ1) is 28.1. The lowest BCUT2D eigenvalue weighted by molar-refractivity contribution is -0.00353. The van der Waals surface area contributed by atoms with E-state index in [1.807, 2.05) is 47.0 Å². The predicted molar refractivity (Wildman–Crippen MR) is 243 cm³/mol. The minimum absolute atomic E-state index is 0.343. The van der Waals surface area contributed by atoms with Gasteiger partial charge in [0.15, 0.2) is 0 Å². The number of rotatable bonds is 0. The Labute approximate surface area is 354 Å². The van der Waals surface area contributed by atoms with Crippen LogP contribution in [0, 0.1) is 5.41 Å². The largest absolute Gasteiger partial charge is 0.493 e. The van der Waals surface area contributed by atoms with Gasteiger partial charge in [-0.15, -0.1) is 0 Å². The van der Waals surface area contributed by atoms with Crippen molar-refractivity contribution in [3.8, 4) is 23.0 Å². The summed E-state index contributed by atoms with van der Waals surface area (Å²) in [6.07, 6.45) is 0. The van der Waals surface area contributed by atoms with Gasteiger partial charge in [0.2, 0.25) is 0 Å². The lowest BCUT2D eigenvalue weighted by Gasteiger charge is -2.33. The monoisotopic (exact) mass is 828 g/mol. The zero-order valence-corrected chi connectivity index (χ0v) is 35.4. The summed E-state index contributed by atoms with van der Waals surface area (Å²) >= 11 is 7.76. The molecule has 1 spiro atoms. The van der Waals surface area contributed by atoms with Crippen molar-refractivity contribution < 1.29 is 18.9 Å². The van der Waals surface area contributed by atoms with Crippen molar-refractivity contribution in [3.63, 3.8) is 0 Å². The van der Waals surface area contributed by atoms with E-state index in [9.17, 15) is 0 Å². The molecule has 292 valence electrons. The van der Waals surface area contributed by atoms with Crippen LogP contribution in [0.4, 0.5) is 0 Å². The van der Waals surface area contributed by atoms with Crippen LogP contribution in [0.1, 0.15) is 44.5 Å². The maximum Gasteiger partial charge on any atom is 0.119 e. The quantitative estimate of drug-likeness (QED) is 0.150. The molecule has 4 nitrogen and oxygen atoms in total. The molecule has 8 heterocycles. The first kappa shape index (κ1) is 39.7. The summed E-state index contributed by atoms with van der Waals surface area (Å²) in [7, 11) is 0. The van der Waals surface area contributed by atoms with E-state index in [1.165, 1.54) is 44.5 Å². The normalized spacial score (nSPS) is 16.7.